The second-order valence-electron chi connectivity index (χ2n) is 3.47. The molecule has 8 nitrogen and oxygen atoms in total. The highest BCUT2D eigenvalue weighted by atomic mass is 16.6. The van der Waals surface area contributed by atoms with Crippen LogP contribution >= 0.6 is 0 Å². The quantitative estimate of drug-likeness (QED) is 0.304. The lowest BCUT2D eigenvalue weighted by Gasteiger charge is -1.99. The summed E-state index contributed by atoms with van der Waals surface area (Å²) in [5.74, 6) is -0.866. The van der Waals surface area contributed by atoms with Gasteiger partial charge in [0.25, 0.3) is 11.6 Å². The Hall–Kier alpha value is -2.90. The Balaban J connectivity index is 2.48. The zero-order valence-electron chi connectivity index (χ0n) is 8.84. The van der Waals surface area contributed by atoms with E-state index in [0.717, 1.165) is 24.3 Å². The number of hydrogen-bond donors (Lipinski definition) is 3. The number of carbonyl (C=O) groups excluding carboxylic acids is 2. The van der Waals surface area contributed by atoms with E-state index in [2.05, 4.69) is 5.32 Å². The number of nitrogens with one attached hydrogen (secondary N) is 2. The van der Waals surface area contributed by atoms with Gasteiger partial charge in [0.05, 0.1) is 10.5 Å². The minimum absolute atomic E-state index is 0.0207. The van der Waals surface area contributed by atoms with Gasteiger partial charge in [-0.1, -0.05) is 0 Å². The number of imide groups is 1. The molecule has 92 valence electrons. The minimum Gasteiger partial charge on any atom is -0.508 e. The van der Waals surface area contributed by atoms with E-state index in [1.807, 2.05) is 5.32 Å². The fourth-order valence-electron chi connectivity index (χ4n) is 1.46. The van der Waals surface area contributed by atoms with Crippen molar-refractivity contribution in [2.75, 3.05) is 0 Å². The van der Waals surface area contributed by atoms with E-state index in [9.17, 15) is 24.8 Å². The molecule has 2 rings (SSSR count). The molecule has 1 aliphatic rings. The third-order valence-electron chi connectivity index (χ3n) is 2.23. The van der Waals surface area contributed by atoms with E-state index in [4.69, 9.17) is 0 Å². The van der Waals surface area contributed by atoms with Crippen molar-refractivity contribution < 1.29 is 19.6 Å². The molecule has 3 amide bonds. The van der Waals surface area contributed by atoms with Crippen LogP contribution in [-0.4, -0.2) is 22.0 Å². The average molecular weight is 249 g/mol. The molecule has 0 spiro atoms. The van der Waals surface area contributed by atoms with Gasteiger partial charge in [0.15, 0.2) is 0 Å². The van der Waals surface area contributed by atoms with Crippen molar-refractivity contribution in [1.82, 2.24) is 10.6 Å². The molecule has 1 aromatic rings. The Morgan fingerprint density at radius 2 is 2.00 bits per heavy atom. The highest BCUT2D eigenvalue weighted by Gasteiger charge is 2.24. The first-order valence-corrected chi connectivity index (χ1v) is 4.79. The van der Waals surface area contributed by atoms with Crippen LogP contribution in [0, 0.1) is 10.1 Å². The first kappa shape index (κ1) is 11.6. The number of rotatable bonds is 2. The van der Waals surface area contributed by atoms with Gasteiger partial charge in [-0.15, -0.1) is 0 Å². The van der Waals surface area contributed by atoms with Gasteiger partial charge in [0, 0.05) is 6.07 Å². The summed E-state index contributed by atoms with van der Waals surface area (Å²) in [5.41, 5.74) is -0.379. The number of urea groups is 1. The summed E-state index contributed by atoms with van der Waals surface area (Å²) >= 11 is 0. The maximum absolute atomic E-state index is 11.3. The van der Waals surface area contributed by atoms with Crippen LogP contribution in [0.2, 0.25) is 0 Å². The van der Waals surface area contributed by atoms with E-state index in [1.165, 1.54) is 0 Å². The van der Waals surface area contributed by atoms with E-state index in [-0.39, 0.29) is 22.7 Å². The molecule has 0 bridgehead atoms. The van der Waals surface area contributed by atoms with Crippen molar-refractivity contribution in [2.45, 2.75) is 0 Å². The number of nitro benzene ring substituents is 1. The van der Waals surface area contributed by atoms with Gasteiger partial charge in [-0.2, -0.15) is 0 Å². The number of phenols is 1. The molecule has 0 unspecified atom stereocenters. The Morgan fingerprint density at radius 1 is 1.28 bits per heavy atom. The maximum Gasteiger partial charge on any atom is 0.326 e. The third-order valence-corrected chi connectivity index (χ3v) is 2.23. The number of carbonyl (C=O) groups is 2. The second-order valence-corrected chi connectivity index (χ2v) is 3.47. The largest absolute Gasteiger partial charge is 0.508 e. The third kappa shape index (κ3) is 2.12. The average Bonchev–Trinajstić information content (AvgIpc) is 2.57. The summed E-state index contributed by atoms with van der Waals surface area (Å²) in [5, 5.41) is 24.2. The standard InChI is InChI=1S/C10H7N3O5/c14-6-1-2-8(13(17)18)5(3-6)4-7-9(15)12-10(16)11-7/h1-4,14H,(H2,11,12,15,16). The predicted molar refractivity (Wildman–Crippen MR) is 59.4 cm³/mol. The molecule has 8 heteroatoms. The molecule has 1 aromatic carbocycles. The van der Waals surface area contributed by atoms with Crippen LogP contribution in [0.25, 0.3) is 6.08 Å². The molecular weight excluding hydrogens is 242 g/mol. The Labute approximate surface area is 100 Å². The lowest BCUT2D eigenvalue weighted by atomic mass is 10.1. The minimum atomic E-state index is -0.700. The van der Waals surface area contributed by atoms with Crippen molar-refractivity contribution in [3.05, 3.63) is 39.6 Å². The van der Waals surface area contributed by atoms with Crippen LogP contribution in [0.3, 0.4) is 0 Å². The fraction of sp³-hybridized carbons (Fsp3) is 0. The molecule has 0 atom stereocenters. The van der Waals surface area contributed by atoms with Crippen LogP contribution in [-0.2, 0) is 4.79 Å². The highest BCUT2D eigenvalue weighted by Crippen LogP contribution is 2.25. The molecule has 0 aliphatic carbocycles. The monoisotopic (exact) mass is 249 g/mol. The van der Waals surface area contributed by atoms with Crippen LogP contribution in [0.4, 0.5) is 10.5 Å². The molecule has 0 saturated carbocycles. The predicted octanol–water partition coefficient (Wildman–Crippen LogP) is 0.481. The van der Waals surface area contributed by atoms with Gasteiger partial charge in [-0.05, 0) is 18.2 Å². The van der Waals surface area contributed by atoms with Gasteiger partial charge in [0.1, 0.15) is 11.4 Å². The van der Waals surface area contributed by atoms with E-state index in [0.29, 0.717) is 0 Å². The van der Waals surface area contributed by atoms with Gasteiger partial charge < -0.3 is 10.4 Å². The molecular formula is C10H7N3O5. The van der Waals surface area contributed by atoms with E-state index < -0.39 is 16.9 Å². The first-order chi connectivity index (χ1) is 8.47. The number of aromatic hydroxyl groups is 1. The van der Waals surface area contributed by atoms with Crippen molar-refractivity contribution in [3.63, 3.8) is 0 Å². The summed E-state index contributed by atoms with van der Waals surface area (Å²) in [6.07, 6.45) is 1.12. The van der Waals surface area contributed by atoms with Gasteiger partial charge in [-0.25, -0.2) is 4.79 Å². The zero-order valence-corrected chi connectivity index (χ0v) is 8.84. The topological polar surface area (TPSA) is 122 Å². The molecule has 3 N–H and O–H groups in total. The van der Waals surface area contributed by atoms with Crippen molar-refractivity contribution in [1.29, 1.82) is 0 Å². The molecule has 1 aliphatic heterocycles. The number of amides is 3. The Morgan fingerprint density at radius 3 is 2.56 bits per heavy atom. The molecule has 0 aromatic heterocycles. The molecule has 1 fully saturated rings. The summed E-state index contributed by atoms with van der Waals surface area (Å²) in [4.78, 5) is 32.2. The number of phenolic OH excluding ortho intramolecular Hbond substituents is 1. The fourth-order valence-corrected chi connectivity index (χ4v) is 1.46. The molecule has 1 heterocycles. The smallest absolute Gasteiger partial charge is 0.326 e. The number of benzene rings is 1. The van der Waals surface area contributed by atoms with Crippen molar-refractivity contribution >= 4 is 23.7 Å². The second kappa shape index (κ2) is 4.17. The summed E-state index contributed by atoms with van der Waals surface area (Å²) in [6.45, 7) is 0. The van der Waals surface area contributed by atoms with Gasteiger partial charge in [-0.3, -0.25) is 20.2 Å². The van der Waals surface area contributed by atoms with Crippen LogP contribution in [0.15, 0.2) is 23.9 Å². The molecule has 18 heavy (non-hydrogen) atoms. The maximum atomic E-state index is 11.3. The zero-order chi connectivity index (χ0) is 13.3. The van der Waals surface area contributed by atoms with E-state index >= 15 is 0 Å². The summed E-state index contributed by atoms with van der Waals surface area (Å²) in [6, 6.07) is 2.70. The van der Waals surface area contributed by atoms with Gasteiger partial charge >= 0.3 is 6.03 Å². The van der Waals surface area contributed by atoms with E-state index in [1.54, 1.807) is 0 Å². The SMILES string of the molecule is O=C1NC(=O)C(=Cc2cc(O)ccc2[N+](=O)[O-])N1. The lowest BCUT2D eigenvalue weighted by molar-refractivity contribution is -0.385. The molecule has 1 saturated heterocycles. The van der Waals surface area contributed by atoms with Crippen LogP contribution < -0.4 is 10.6 Å². The van der Waals surface area contributed by atoms with Crippen molar-refractivity contribution in [2.24, 2.45) is 0 Å². The van der Waals surface area contributed by atoms with Crippen molar-refractivity contribution in [3.8, 4) is 5.75 Å². The summed E-state index contributed by atoms with van der Waals surface area (Å²) < 4.78 is 0. The van der Waals surface area contributed by atoms with Gasteiger partial charge in [0.2, 0.25) is 0 Å². The highest BCUT2D eigenvalue weighted by molar-refractivity contribution is 6.14. The number of nitro groups is 1. The number of nitrogens with zero attached hydrogens (tertiary/aromatic N) is 1. The Bertz CT molecular complexity index is 593. The Kier molecular flexibility index (Phi) is 2.68. The van der Waals surface area contributed by atoms with Crippen LogP contribution in [0.5, 0.6) is 5.75 Å². The normalized spacial score (nSPS) is 16.6. The first-order valence-electron chi connectivity index (χ1n) is 4.79. The summed E-state index contributed by atoms with van der Waals surface area (Å²) in [7, 11) is 0. The lowest BCUT2D eigenvalue weighted by Crippen LogP contribution is -2.22. The number of hydrogen-bond acceptors (Lipinski definition) is 5. The van der Waals surface area contributed by atoms with Crippen LogP contribution in [0.1, 0.15) is 5.56 Å². The molecule has 0 radical (unpaired) electrons.